The number of carbonyl (C=O) groups is 3. The molecule has 3 heterocycles. The fourth-order valence-corrected chi connectivity index (χ4v) is 5.92. The lowest BCUT2D eigenvalue weighted by atomic mass is 10.0. The summed E-state index contributed by atoms with van der Waals surface area (Å²) >= 11 is 0. The molecule has 3 saturated heterocycles. The molecule has 2 bridgehead atoms. The largest absolute Gasteiger partial charge is 0.366 e. The average molecular weight is 437 g/mol. The summed E-state index contributed by atoms with van der Waals surface area (Å²) in [6.45, 7) is 2.93. The molecule has 4 fully saturated rings. The third kappa shape index (κ3) is 3.26. The van der Waals surface area contributed by atoms with Crippen LogP contribution in [0.2, 0.25) is 0 Å². The summed E-state index contributed by atoms with van der Waals surface area (Å²) in [5.74, 6) is -0.197. The lowest BCUT2D eigenvalue weighted by molar-refractivity contribution is -0.141. The minimum absolute atomic E-state index is 0.0243. The number of amides is 3. The van der Waals surface area contributed by atoms with E-state index in [4.69, 9.17) is 11.5 Å². The molecule has 9 heteroatoms. The number of nitrogens with two attached hydrogens (primary N) is 2. The van der Waals surface area contributed by atoms with Crippen LogP contribution in [0.4, 0.5) is 0 Å². The Morgan fingerprint density at radius 1 is 1.28 bits per heavy atom. The zero-order valence-corrected chi connectivity index (χ0v) is 18.1. The van der Waals surface area contributed by atoms with Crippen LogP contribution in [-0.4, -0.2) is 75.7 Å². The van der Waals surface area contributed by atoms with Gasteiger partial charge in [-0.1, -0.05) is 12.1 Å². The minimum Gasteiger partial charge on any atom is -0.366 e. The van der Waals surface area contributed by atoms with E-state index in [-0.39, 0.29) is 42.0 Å². The van der Waals surface area contributed by atoms with Crippen molar-refractivity contribution in [2.45, 2.75) is 62.4 Å². The molecule has 5 rings (SSSR count). The van der Waals surface area contributed by atoms with Crippen molar-refractivity contribution in [3.05, 3.63) is 35.4 Å². The van der Waals surface area contributed by atoms with E-state index >= 15 is 0 Å². The summed E-state index contributed by atoms with van der Waals surface area (Å²) in [6, 6.07) is 7.93. The molecule has 4 N–H and O–H groups in total. The van der Waals surface area contributed by atoms with Crippen molar-refractivity contribution in [3.63, 3.8) is 0 Å². The van der Waals surface area contributed by atoms with Crippen molar-refractivity contribution in [3.8, 4) is 6.07 Å². The minimum atomic E-state index is -0.740. The van der Waals surface area contributed by atoms with Crippen LogP contribution in [0.1, 0.15) is 48.1 Å². The average Bonchev–Trinajstić information content (AvgIpc) is 3.11. The first-order valence-corrected chi connectivity index (χ1v) is 11.2. The molecule has 32 heavy (non-hydrogen) atoms. The maximum atomic E-state index is 13.2. The number of hydrogen-bond donors (Lipinski definition) is 2. The third-order valence-corrected chi connectivity index (χ3v) is 7.64. The Hall–Kier alpha value is -2.96. The van der Waals surface area contributed by atoms with Crippen molar-refractivity contribution in [1.82, 2.24) is 14.7 Å². The first-order chi connectivity index (χ1) is 15.3. The summed E-state index contributed by atoms with van der Waals surface area (Å²) in [5, 5.41) is 9.36. The first kappa shape index (κ1) is 20.9. The van der Waals surface area contributed by atoms with Gasteiger partial charge in [-0.15, -0.1) is 0 Å². The van der Waals surface area contributed by atoms with E-state index < -0.39 is 11.9 Å². The van der Waals surface area contributed by atoms with E-state index in [1.807, 2.05) is 22.8 Å². The highest BCUT2D eigenvalue weighted by Crippen LogP contribution is 2.48. The maximum absolute atomic E-state index is 13.2. The van der Waals surface area contributed by atoms with Crippen LogP contribution in [-0.2, 0) is 9.59 Å². The molecule has 1 saturated carbocycles. The molecule has 4 aliphatic rings. The highest BCUT2D eigenvalue weighted by Gasteiger charge is 2.56. The third-order valence-electron chi connectivity index (χ3n) is 7.64. The van der Waals surface area contributed by atoms with Crippen LogP contribution in [0, 0.1) is 17.2 Å². The van der Waals surface area contributed by atoms with Crippen molar-refractivity contribution in [2.24, 2.45) is 17.4 Å². The van der Waals surface area contributed by atoms with Crippen molar-refractivity contribution in [1.29, 1.82) is 5.26 Å². The molecular weight excluding hydrogens is 408 g/mol. The SMILES string of the molecule is C[C@H](c1cccc(C(N)=O)c1)N1C(=O)[C@H]2CC1CN2C[C@H](N)C(=O)N1[C@H](C#N)C[C@@H]2C[C@@H]21. The summed E-state index contributed by atoms with van der Waals surface area (Å²) in [6.07, 6.45) is 2.42. The van der Waals surface area contributed by atoms with Crippen molar-refractivity contribution >= 4 is 17.7 Å². The number of carbonyl (C=O) groups excluding carboxylic acids is 3. The van der Waals surface area contributed by atoms with Gasteiger partial charge in [0.2, 0.25) is 17.7 Å². The molecule has 1 aliphatic carbocycles. The number of nitrogens with zero attached hydrogens (tertiary/aromatic N) is 4. The van der Waals surface area contributed by atoms with Gasteiger partial charge in [-0.2, -0.15) is 5.26 Å². The van der Waals surface area contributed by atoms with Crippen LogP contribution in [0.3, 0.4) is 0 Å². The number of hydrogen-bond acceptors (Lipinski definition) is 6. The number of benzene rings is 1. The molecular formula is C23H28N6O3. The van der Waals surface area contributed by atoms with E-state index in [1.54, 1.807) is 23.1 Å². The number of piperazine rings is 1. The Morgan fingerprint density at radius 2 is 2.06 bits per heavy atom. The monoisotopic (exact) mass is 436 g/mol. The summed E-state index contributed by atoms with van der Waals surface area (Å²) < 4.78 is 0. The van der Waals surface area contributed by atoms with Gasteiger partial charge in [0, 0.05) is 30.7 Å². The molecule has 0 spiro atoms. The van der Waals surface area contributed by atoms with Crippen LogP contribution in [0.25, 0.3) is 0 Å². The second-order valence-corrected chi connectivity index (χ2v) is 9.57. The summed E-state index contributed by atoms with van der Waals surface area (Å²) in [5.41, 5.74) is 13.0. The standard InChI is InChI=1S/C23H28N6O3/c1-12(13-3-2-4-14(5-13)21(26)30)28-17-8-20(23(28)32)27(10-17)11-18(25)22(31)29-16(9-24)6-15-7-19(15)29/h2-5,12,15-20H,6-8,10-11,25H2,1H3,(H2,26,30)/t12-,15-,16+,17?,18+,19+,20-/m1/s1. The molecule has 0 radical (unpaired) electrons. The fraction of sp³-hybridized carbons (Fsp3) is 0.565. The van der Waals surface area contributed by atoms with Gasteiger partial charge in [-0.3, -0.25) is 19.3 Å². The smallest absolute Gasteiger partial charge is 0.248 e. The number of rotatable bonds is 6. The number of piperidine rings is 1. The number of primary amides is 1. The molecule has 1 unspecified atom stereocenters. The second kappa shape index (κ2) is 7.57. The van der Waals surface area contributed by atoms with E-state index in [0.29, 0.717) is 31.0 Å². The van der Waals surface area contributed by atoms with Crippen molar-refractivity contribution in [2.75, 3.05) is 13.1 Å². The molecule has 7 atom stereocenters. The lowest BCUT2D eigenvalue weighted by Gasteiger charge is -2.38. The zero-order chi connectivity index (χ0) is 22.7. The summed E-state index contributed by atoms with van der Waals surface area (Å²) in [7, 11) is 0. The maximum Gasteiger partial charge on any atom is 0.248 e. The van der Waals surface area contributed by atoms with Gasteiger partial charge in [0.25, 0.3) is 0 Å². The van der Waals surface area contributed by atoms with Crippen LogP contribution in [0.5, 0.6) is 0 Å². The number of fused-ring (bicyclic) bond motifs is 3. The van der Waals surface area contributed by atoms with E-state index in [0.717, 1.165) is 18.4 Å². The Kier molecular flexibility index (Phi) is 4.95. The predicted molar refractivity (Wildman–Crippen MR) is 115 cm³/mol. The van der Waals surface area contributed by atoms with Gasteiger partial charge in [0.1, 0.15) is 6.04 Å². The number of likely N-dealkylation sites (tertiary alicyclic amines) is 3. The fourth-order valence-electron chi connectivity index (χ4n) is 5.92. The van der Waals surface area contributed by atoms with Gasteiger partial charge in [0.15, 0.2) is 0 Å². The Bertz CT molecular complexity index is 1020. The molecule has 3 aliphatic heterocycles. The van der Waals surface area contributed by atoms with E-state index in [9.17, 15) is 19.6 Å². The molecule has 3 amide bonds. The Morgan fingerprint density at radius 3 is 2.75 bits per heavy atom. The first-order valence-electron chi connectivity index (χ1n) is 11.2. The molecule has 0 aromatic heterocycles. The van der Waals surface area contributed by atoms with Crippen LogP contribution >= 0.6 is 0 Å². The zero-order valence-electron chi connectivity index (χ0n) is 18.1. The number of nitriles is 1. The predicted octanol–water partition coefficient (Wildman–Crippen LogP) is -0.0281. The normalized spacial score (nSPS) is 32.5. The van der Waals surface area contributed by atoms with Gasteiger partial charge in [0.05, 0.1) is 24.2 Å². The Balaban J connectivity index is 1.24. The van der Waals surface area contributed by atoms with Gasteiger partial charge >= 0.3 is 0 Å². The van der Waals surface area contributed by atoms with Gasteiger partial charge in [-0.25, -0.2) is 0 Å². The summed E-state index contributed by atoms with van der Waals surface area (Å²) in [4.78, 5) is 43.3. The highest BCUT2D eigenvalue weighted by molar-refractivity contribution is 5.93. The van der Waals surface area contributed by atoms with Gasteiger partial charge < -0.3 is 21.3 Å². The molecule has 168 valence electrons. The Labute approximate surface area is 186 Å². The molecule has 1 aromatic carbocycles. The van der Waals surface area contributed by atoms with Crippen molar-refractivity contribution < 1.29 is 14.4 Å². The van der Waals surface area contributed by atoms with E-state index in [1.165, 1.54) is 0 Å². The molecule has 1 aromatic rings. The second-order valence-electron chi connectivity index (χ2n) is 9.57. The van der Waals surface area contributed by atoms with Crippen LogP contribution < -0.4 is 11.5 Å². The van der Waals surface area contributed by atoms with Gasteiger partial charge in [-0.05, 0) is 49.8 Å². The molecule has 9 nitrogen and oxygen atoms in total. The topological polar surface area (TPSA) is 137 Å². The van der Waals surface area contributed by atoms with Crippen LogP contribution in [0.15, 0.2) is 24.3 Å². The van der Waals surface area contributed by atoms with E-state index in [2.05, 4.69) is 6.07 Å². The lowest BCUT2D eigenvalue weighted by Crippen LogP contribution is -2.57. The highest BCUT2D eigenvalue weighted by atomic mass is 16.2. The quantitative estimate of drug-likeness (QED) is 0.643.